The van der Waals surface area contributed by atoms with Crippen LogP contribution in [-0.4, -0.2) is 18.1 Å². The molecule has 1 N–H and O–H groups in total. The summed E-state index contributed by atoms with van der Waals surface area (Å²) in [4.78, 5) is 0. The monoisotopic (exact) mass is 337 g/mol. The van der Waals surface area contributed by atoms with Gasteiger partial charge in [0.1, 0.15) is 5.76 Å². The second-order valence-corrected chi connectivity index (χ2v) is 6.18. The van der Waals surface area contributed by atoms with Gasteiger partial charge in [-0.2, -0.15) is 11.8 Å². The van der Waals surface area contributed by atoms with Gasteiger partial charge in [0.15, 0.2) is 3.77 Å². The van der Waals surface area contributed by atoms with Crippen LogP contribution in [0.5, 0.6) is 0 Å². The highest BCUT2D eigenvalue weighted by Crippen LogP contribution is 2.22. The van der Waals surface area contributed by atoms with E-state index in [0.717, 1.165) is 28.5 Å². The summed E-state index contributed by atoms with van der Waals surface area (Å²) in [7, 11) is 0. The smallest absolute Gasteiger partial charge is 0.164 e. The molecule has 0 bridgehead atoms. The Morgan fingerprint density at radius 3 is 2.87 bits per heavy atom. The topological polar surface area (TPSA) is 25.2 Å². The van der Waals surface area contributed by atoms with E-state index in [9.17, 15) is 0 Å². The third-order valence-corrected chi connectivity index (χ3v) is 4.33. The number of hydrogen-bond donors (Lipinski definition) is 1. The van der Waals surface area contributed by atoms with Crippen LogP contribution in [0.15, 0.2) is 16.5 Å². The van der Waals surface area contributed by atoms with Crippen LogP contribution in [0.25, 0.3) is 0 Å². The second kappa shape index (κ2) is 6.15. The number of nitrogens with one attached hydrogen (secondary N) is 1. The van der Waals surface area contributed by atoms with Crippen molar-refractivity contribution in [3.63, 3.8) is 0 Å². The highest BCUT2D eigenvalue weighted by atomic mass is 127. The minimum Gasteiger partial charge on any atom is -0.454 e. The molecule has 0 atom stereocenters. The van der Waals surface area contributed by atoms with E-state index in [1.165, 1.54) is 24.3 Å². The molecular weight excluding hydrogens is 321 g/mol. The molecule has 1 fully saturated rings. The Bertz CT molecular complexity index is 297. The van der Waals surface area contributed by atoms with Crippen LogP contribution in [-0.2, 0) is 6.54 Å². The summed E-state index contributed by atoms with van der Waals surface area (Å²) >= 11 is 4.28. The Morgan fingerprint density at radius 1 is 1.40 bits per heavy atom. The quantitative estimate of drug-likeness (QED) is 0.855. The minimum absolute atomic E-state index is 0.868. The Hall–Kier alpha value is 0.320. The average Bonchev–Trinajstić information content (AvgIpc) is 2.66. The molecule has 1 saturated heterocycles. The maximum absolute atomic E-state index is 5.49. The van der Waals surface area contributed by atoms with Crippen molar-refractivity contribution in [1.29, 1.82) is 0 Å². The molecule has 0 amide bonds. The predicted molar refractivity (Wildman–Crippen MR) is 73.2 cm³/mol. The fourth-order valence-electron chi connectivity index (χ4n) is 1.80. The summed E-state index contributed by atoms with van der Waals surface area (Å²) in [6.45, 7) is 2.00. The lowest BCUT2D eigenvalue weighted by molar-refractivity contribution is 0.415. The maximum atomic E-state index is 5.49. The largest absolute Gasteiger partial charge is 0.454 e. The van der Waals surface area contributed by atoms with Crippen LogP contribution < -0.4 is 5.32 Å². The van der Waals surface area contributed by atoms with Crippen molar-refractivity contribution < 1.29 is 4.42 Å². The molecule has 2 heterocycles. The Balaban J connectivity index is 1.65. The Morgan fingerprint density at radius 2 is 2.20 bits per heavy atom. The summed E-state index contributed by atoms with van der Waals surface area (Å²) < 4.78 is 6.46. The third kappa shape index (κ3) is 4.00. The van der Waals surface area contributed by atoms with E-state index in [4.69, 9.17) is 4.42 Å². The first kappa shape index (κ1) is 11.8. The molecule has 1 aliphatic heterocycles. The lowest BCUT2D eigenvalue weighted by Crippen LogP contribution is -2.25. The first-order chi connectivity index (χ1) is 7.34. The van der Waals surface area contributed by atoms with Crippen molar-refractivity contribution in [2.45, 2.75) is 19.4 Å². The fourth-order valence-corrected chi connectivity index (χ4v) is 3.46. The van der Waals surface area contributed by atoms with Crippen LogP contribution >= 0.6 is 34.4 Å². The molecule has 2 nitrogen and oxygen atoms in total. The van der Waals surface area contributed by atoms with Gasteiger partial charge in [0.05, 0.1) is 6.54 Å². The molecule has 0 radical (unpaired) electrons. The van der Waals surface area contributed by atoms with E-state index in [-0.39, 0.29) is 0 Å². The Labute approximate surface area is 109 Å². The average molecular weight is 337 g/mol. The molecule has 0 unspecified atom stereocenters. The van der Waals surface area contributed by atoms with Crippen LogP contribution in [0.3, 0.4) is 0 Å². The first-order valence-electron chi connectivity index (χ1n) is 5.37. The van der Waals surface area contributed by atoms with Gasteiger partial charge in [0.2, 0.25) is 0 Å². The lowest BCUT2D eigenvalue weighted by atomic mass is 10.0. The zero-order valence-corrected chi connectivity index (χ0v) is 11.6. The lowest BCUT2D eigenvalue weighted by Gasteiger charge is -2.21. The maximum Gasteiger partial charge on any atom is 0.164 e. The number of hydrogen-bond acceptors (Lipinski definition) is 3. The molecule has 0 aliphatic carbocycles. The molecular formula is C11H16INOS. The molecule has 84 valence electrons. The van der Waals surface area contributed by atoms with Gasteiger partial charge in [0, 0.05) is 0 Å². The van der Waals surface area contributed by atoms with E-state index in [1.54, 1.807) is 0 Å². The molecule has 0 aromatic carbocycles. The molecule has 4 heteroatoms. The summed E-state index contributed by atoms with van der Waals surface area (Å²) in [5.41, 5.74) is 0. The SMILES string of the molecule is Ic1ccc(CNCC2CCSCC2)o1. The molecule has 2 rings (SSSR count). The van der Waals surface area contributed by atoms with Crippen molar-refractivity contribution in [3.05, 3.63) is 21.7 Å². The molecule has 1 aliphatic rings. The van der Waals surface area contributed by atoms with E-state index < -0.39 is 0 Å². The van der Waals surface area contributed by atoms with E-state index >= 15 is 0 Å². The highest BCUT2D eigenvalue weighted by Gasteiger charge is 2.12. The van der Waals surface area contributed by atoms with E-state index in [0.29, 0.717) is 0 Å². The van der Waals surface area contributed by atoms with Gasteiger partial charge in [-0.1, -0.05) is 0 Å². The van der Waals surface area contributed by atoms with Crippen LogP contribution in [0.2, 0.25) is 0 Å². The summed E-state index contributed by atoms with van der Waals surface area (Å²) in [5.74, 6) is 4.60. The normalized spacial score (nSPS) is 18.2. The molecule has 15 heavy (non-hydrogen) atoms. The predicted octanol–water partition coefficient (Wildman–Crippen LogP) is 3.12. The van der Waals surface area contributed by atoms with Gasteiger partial charge in [-0.15, -0.1) is 0 Å². The van der Waals surface area contributed by atoms with Crippen LogP contribution in [0.1, 0.15) is 18.6 Å². The van der Waals surface area contributed by atoms with Crippen molar-refractivity contribution in [3.8, 4) is 0 Å². The van der Waals surface area contributed by atoms with Crippen LogP contribution in [0, 0.1) is 9.68 Å². The fraction of sp³-hybridized carbons (Fsp3) is 0.636. The second-order valence-electron chi connectivity index (χ2n) is 3.89. The summed E-state index contributed by atoms with van der Waals surface area (Å²) in [6, 6.07) is 4.06. The zero-order valence-electron chi connectivity index (χ0n) is 8.67. The van der Waals surface area contributed by atoms with Crippen molar-refractivity contribution in [2.24, 2.45) is 5.92 Å². The van der Waals surface area contributed by atoms with Gasteiger partial charge in [-0.3, -0.25) is 0 Å². The van der Waals surface area contributed by atoms with Crippen LogP contribution in [0.4, 0.5) is 0 Å². The van der Waals surface area contributed by atoms with E-state index in [1.807, 2.05) is 12.1 Å². The van der Waals surface area contributed by atoms with E-state index in [2.05, 4.69) is 39.7 Å². The van der Waals surface area contributed by atoms with Gasteiger partial charge in [-0.05, 0) is 71.5 Å². The third-order valence-electron chi connectivity index (χ3n) is 2.70. The zero-order chi connectivity index (χ0) is 10.5. The Kier molecular flexibility index (Phi) is 4.84. The standard InChI is InChI=1S/C11H16INOS/c12-11-2-1-10(14-11)8-13-7-9-3-5-15-6-4-9/h1-2,9,13H,3-8H2. The van der Waals surface area contributed by atoms with Gasteiger partial charge >= 0.3 is 0 Å². The molecule has 0 saturated carbocycles. The van der Waals surface area contributed by atoms with Crippen molar-refractivity contribution in [2.75, 3.05) is 18.1 Å². The van der Waals surface area contributed by atoms with Gasteiger partial charge in [0.25, 0.3) is 0 Å². The van der Waals surface area contributed by atoms with Gasteiger partial charge < -0.3 is 9.73 Å². The minimum atomic E-state index is 0.868. The number of furan rings is 1. The van der Waals surface area contributed by atoms with Crippen molar-refractivity contribution >= 4 is 34.4 Å². The van der Waals surface area contributed by atoms with Crippen molar-refractivity contribution in [1.82, 2.24) is 5.32 Å². The summed E-state index contributed by atoms with van der Waals surface area (Å²) in [6.07, 6.45) is 2.74. The number of rotatable bonds is 4. The number of thioether (sulfide) groups is 1. The molecule has 1 aromatic heterocycles. The number of halogens is 1. The van der Waals surface area contributed by atoms with Gasteiger partial charge in [-0.25, -0.2) is 0 Å². The summed E-state index contributed by atoms with van der Waals surface area (Å²) in [5, 5.41) is 3.48. The molecule has 0 spiro atoms. The highest BCUT2D eigenvalue weighted by molar-refractivity contribution is 14.1. The first-order valence-corrected chi connectivity index (χ1v) is 7.60. The molecule has 1 aromatic rings.